The maximum Gasteiger partial charge on any atom is 0.0397 e. The van der Waals surface area contributed by atoms with Crippen molar-refractivity contribution in [2.45, 2.75) is 38.6 Å². The molecular weight excluding hydrogens is 244 g/mol. The average molecular weight is 270 g/mol. The smallest absolute Gasteiger partial charge is 0.0397 e. The maximum atomic E-state index is 3.72. The van der Waals surface area contributed by atoms with Crippen molar-refractivity contribution in [2.24, 2.45) is 17.8 Å². The summed E-state index contributed by atoms with van der Waals surface area (Å²) < 4.78 is 0. The number of fused-ring (bicyclic) bond motifs is 3. The van der Waals surface area contributed by atoms with Crippen molar-refractivity contribution in [1.82, 2.24) is 5.32 Å². The lowest BCUT2D eigenvalue weighted by molar-refractivity contribution is 0.318. The number of hydrogen-bond acceptors (Lipinski definition) is 2. The molecule has 2 saturated carbocycles. The van der Waals surface area contributed by atoms with Gasteiger partial charge in [0.15, 0.2) is 0 Å². The predicted octanol–water partition coefficient (Wildman–Crippen LogP) is 3.20. The Bertz CT molecular complexity index is 496. The lowest BCUT2D eigenvalue weighted by atomic mass is 9.89. The summed E-state index contributed by atoms with van der Waals surface area (Å²) in [6.45, 7) is 3.46. The van der Waals surface area contributed by atoms with Crippen molar-refractivity contribution in [2.75, 3.05) is 25.0 Å². The Balaban J connectivity index is 1.32. The van der Waals surface area contributed by atoms with Gasteiger partial charge in [-0.3, -0.25) is 0 Å². The second kappa shape index (κ2) is 5.07. The molecule has 1 N–H and O–H groups in total. The summed E-state index contributed by atoms with van der Waals surface area (Å²) in [6, 6.07) is 7.01. The van der Waals surface area contributed by atoms with Crippen LogP contribution in [0.5, 0.6) is 0 Å². The molecule has 1 heterocycles. The number of nitrogens with one attached hydrogen (secondary N) is 1. The number of hydrogen-bond donors (Lipinski definition) is 1. The molecule has 1 aromatic carbocycles. The minimum absolute atomic E-state index is 0.967. The van der Waals surface area contributed by atoms with E-state index in [2.05, 4.69) is 35.5 Å². The third-order valence-electron chi connectivity index (χ3n) is 5.89. The quantitative estimate of drug-likeness (QED) is 0.904. The van der Waals surface area contributed by atoms with Crippen molar-refractivity contribution in [3.63, 3.8) is 0 Å². The Morgan fingerprint density at radius 1 is 1.25 bits per heavy atom. The molecule has 4 rings (SSSR count). The average Bonchev–Trinajstić information content (AvgIpc) is 3.15. The first-order valence-electron chi connectivity index (χ1n) is 8.33. The lowest BCUT2D eigenvalue weighted by Crippen LogP contribution is -2.26. The number of likely N-dealkylation sites (N-methyl/N-ethyl adjacent to an activating group) is 1. The molecule has 3 atom stereocenters. The van der Waals surface area contributed by atoms with Crippen LogP contribution in [0.4, 0.5) is 5.69 Å². The Morgan fingerprint density at radius 2 is 2.20 bits per heavy atom. The van der Waals surface area contributed by atoms with E-state index in [9.17, 15) is 0 Å². The number of anilines is 1. The van der Waals surface area contributed by atoms with Gasteiger partial charge in [0.2, 0.25) is 0 Å². The molecule has 3 aliphatic rings. The summed E-state index contributed by atoms with van der Waals surface area (Å²) in [5, 5.41) is 3.72. The van der Waals surface area contributed by atoms with Gasteiger partial charge in [-0.05, 0) is 67.2 Å². The summed E-state index contributed by atoms with van der Waals surface area (Å²) in [5.41, 5.74) is 4.43. The molecule has 2 bridgehead atoms. The summed E-state index contributed by atoms with van der Waals surface area (Å²) >= 11 is 0. The summed E-state index contributed by atoms with van der Waals surface area (Å²) in [6.07, 6.45) is 7.25. The van der Waals surface area contributed by atoms with Crippen LogP contribution in [-0.4, -0.2) is 20.1 Å². The van der Waals surface area contributed by atoms with Gasteiger partial charge in [0, 0.05) is 25.8 Å². The van der Waals surface area contributed by atoms with E-state index in [1.165, 1.54) is 62.0 Å². The van der Waals surface area contributed by atoms with Crippen LogP contribution in [-0.2, 0) is 13.0 Å². The second-order valence-electron chi connectivity index (χ2n) is 7.20. The molecular formula is C18H26N2. The fourth-order valence-electron chi connectivity index (χ4n) is 4.76. The third kappa shape index (κ3) is 2.24. The van der Waals surface area contributed by atoms with Gasteiger partial charge in [0.25, 0.3) is 0 Å². The molecule has 2 nitrogen and oxygen atoms in total. The van der Waals surface area contributed by atoms with Crippen molar-refractivity contribution < 1.29 is 0 Å². The van der Waals surface area contributed by atoms with Crippen molar-refractivity contribution in [3.05, 3.63) is 29.3 Å². The molecule has 20 heavy (non-hydrogen) atoms. The van der Waals surface area contributed by atoms with Gasteiger partial charge >= 0.3 is 0 Å². The Morgan fingerprint density at radius 3 is 3.00 bits per heavy atom. The highest BCUT2D eigenvalue weighted by atomic mass is 15.1. The van der Waals surface area contributed by atoms with Crippen molar-refractivity contribution in [3.8, 4) is 0 Å². The van der Waals surface area contributed by atoms with Gasteiger partial charge in [0.05, 0.1) is 0 Å². The summed E-state index contributed by atoms with van der Waals surface area (Å²) in [7, 11) is 2.19. The molecule has 3 unspecified atom stereocenters. The molecule has 2 heteroatoms. The van der Waals surface area contributed by atoms with Crippen molar-refractivity contribution >= 4 is 5.69 Å². The Kier molecular flexibility index (Phi) is 3.22. The summed E-state index contributed by atoms with van der Waals surface area (Å²) in [5.74, 6) is 3.08. The van der Waals surface area contributed by atoms with Gasteiger partial charge in [-0.1, -0.05) is 18.6 Å². The number of nitrogens with zero attached hydrogens (tertiary/aromatic N) is 1. The fourth-order valence-corrected chi connectivity index (χ4v) is 4.76. The van der Waals surface area contributed by atoms with Crippen LogP contribution in [0.3, 0.4) is 0 Å². The third-order valence-corrected chi connectivity index (χ3v) is 5.89. The van der Waals surface area contributed by atoms with Crippen LogP contribution in [0.25, 0.3) is 0 Å². The molecule has 0 amide bonds. The first-order chi connectivity index (χ1) is 9.79. The Hall–Kier alpha value is -1.02. The second-order valence-corrected chi connectivity index (χ2v) is 7.20. The highest BCUT2D eigenvalue weighted by molar-refractivity contribution is 5.58. The normalized spacial score (nSPS) is 31.1. The zero-order valence-corrected chi connectivity index (χ0v) is 12.6. The number of rotatable bonds is 4. The van der Waals surface area contributed by atoms with Crippen LogP contribution in [0.2, 0.25) is 0 Å². The summed E-state index contributed by atoms with van der Waals surface area (Å²) in [4.78, 5) is 2.36. The highest BCUT2D eigenvalue weighted by Crippen LogP contribution is 2.47. The van der Waals surface area contributed by atoms with E-state index in [-0.39, 0.29) is 0 Å². The first kappa shape index (κ1) is 12.7. The number of benzene rings is 1. The van der Waals surface area contributed by atoms with E-state index in [0.717, 1.165) is 24.3 Å². The van der Waals surface area contributed by atoms with E-state index in [4.69, 9.17) is 0 Å². The molecule has 1 aliphatic heterocycles. The van der Waals surface area contributed by atoms with Crippen LogP contribution >= 0.6 is 0 Å². The van der Waals surface area contributed by atoms with E-state index >= 15 is 0 Å². The van der Waals surface area contributed by atoms with Crippen LogP contribution in [0.15, 0.2) is 18.2 Å². The zero-order chi connectivity index (χ0) is 13.5. The molecule has 0 spiro atoms. The van der Waals surface area contributed by atoms with E-state index in [1.54, 1.807) is 0 Å². The Labute approximate surface area is 122 Å². The topological polar surface area (TPSA) is 15.3 Å². The van der Waals surface area contributed by atoms with Gasteiger partial charge in [0.1, 0.15) is 0 Å². The molecule has 2 fully saturated rings. The maximum absolute atomic E-state index is 3.72. The van der Waals surface area contributed by atoms with E-state index in [0.29, 0.717) is 0 Å². The standard InChI is InChI=1S/C18H26N2/c1-20-7-6-16-10-14(3-5-18(16)20)11-19-12-17-9-13-2-4-15(17)8-13/h3,5,10,13,15,17,19H,2,4,6-9,11-12H2,1H3. The van der Waals surface area contributed by atoms with Crippen LogP contribution in [0, 0.1) is 17.8 Å². The van der Waals surface area contributed by atoms with Gasteiger partial charge in [-0.25, -0.2) is 0 Å². The van der Waals surface area contributed by atoms with E-state index < -0.39 is 0 Å². The first-order valence-corrected chi connectivity index (χ1v) is 8.33. The van der Waals surface area contributed by atoms with E-state index in [1.807, 2.05) is 0 Å². The minimum atomic E-state index is 0.967. The molecule has 2 aliphatic carbocycles. The fraction of sp³-hybridized carbons (Fsp3) is 0.667. The highest BCUT2D eigenvalue weighted by Gasteiger charge is 2.38. The monoisotopic (exact) mass is 270 g/mol. The van der Waals surface area contributed by atoms with Crippen LogP contribution in [0.1, 0.15) is 36.8 Å². The lowest BCUT2D eigenvalue weighted by Gasteiger charge is -2.22. The molecule has 1 aromatic rings. The molecule has 0 radical (unpaired) electrons. The van der Waals surface area contributed by atoms with Gasteiger partial charge in [-0.15, -0.1) is 0 Å². The van der Waals surface area contributed by atoms with Gasteiger partial charge < -0.3 is 10.2 Å². The molecule has 0 aromatic heterocycles. The SMILES string of the molecule is CN1CCc2cc(CNCC3CC4CCC3C4)ccc21. The van der Waals surface area contributed by atoms with Crippen LogP contribution < -0.4 is 10.2 Å². The zero-order valence-electron chi connectivity index (χ0n) is 12.6. The van der Waals surface area contributed by atoms with Crippen molar-refractivity contribution in [1.29, 1.82) is 0 Å². The van der Waals surface area contributed by atoms with Gasteiger partial charge in [-0.2, -0.15) is 0 Å². The minimum Gasteiger partial charge on any atom is -0.374 e. The largest absolute Gasteiger partial charge is 0.374 e. The molecule has 0 saturated heterocycles. The molecule has 108 valence electrons. The predicted molar refractivity (Wildman–Crippen MR) is 84.1 cm³/mol.